The topological polar surface area (TPSA) is 94.3 Å². The summed E-state index contributed by atoms with van der Waals surface area (Å²) in [6.45, 7) is 0. The molecule has 0 aliphatic heterocycles. The number of methoxy groups -OCH3 is 1. The van der Waals surface area contributed by atoms with E-state index in [4.69, 9.17) is 9.84 Å². The van der Waals surface area contributed by atoms with E-state index in [2.05, 4.69) is 10.3 Å². The minimum atomic E-state index is -0.987. The van der Waals surface area contributed by atoms with Crippen LogP contribution in [0.4, 0.5) is 0 Å². The molecule has 2 rings (SSSR count). The van der Waals surface area contributed by atoms with Crippen molar-refractivity contribution in [2.45, 2.75) is 6.42 Å². The molecule has 22 heavy (non-hydrogen) atoms. The average molecular weight is 301 g/mol. The molecule has 7 nitrogen and oxygen atoms in total. The second-order valence-electron chi connectivity index (χ2n) is 4.58. The van der Waals surface area contributed by atoms with Gasteiger partial charge in [0.15, 0.2) is 5.78 Å². The zero-order chi connectivity index (χ0) is 16.1. The molecule has 0 amide bonds. The van der Waals surface area contributed by atoms with Crippen molar-refractivity contribution in [3.05, 3.63) is 47.3 Å². The van der Waals surface area contributed by atoms with Crippen molar-refractivity contribution in [3.63, 3.8) is 0 Å². The molecule has 0 aliphatic carbocycles. The van der Waals surface area contributed by atoms with E-state index < -0.39 is 5.97 Å². The molecule has 0 unspecified atom stereocenters. The predicted molar refractivity (Wildman–Crippen MR) is 78.7 cm³/mol. The molecule has 114 valence electrons. The number of allylic oxidation sites excluding steroid dienone is 1. The largest absolute Gasteiger partial charge is 0.496 e. The molecule has 0 saturated heterocycles. The number of carboxylic acids is 1. The van der Waals surface area contributed by atoms with Gasteiger partial charge >= 0.3 is 5.97 Å². The quantitative estimate of drug-likeness (QED) is 0.639. The smallest absolute Gasteiger partial charge is 0.307 e. The van der Waals surface area contributed by atoms with Crippen LogP contribution < -0.4 is 4.74 Å². The van der Waals surface area contributed by atoms with Gasteiger partial charge in [-0.15, -0.1) is 5.10 Å². The fourth-order valence-electron chi connectivity index (χ4n) is 1.94. The first-order valence-corrected chi connectivity index (χ1v) is 6.47. The van der Waals surface area contributed by atoms with Crippen LogP contribution >= 0.6 is 0 Å². The maximum Gasteiger partial charge on any atom is 0.307 e. The third kappa shape index (κ3) is 3.57. The van der Waals surface area contributed by atoms with Crippen LogP contribution in [0.1, 0.15) is 21.6 Å². The van der Waals surface area contributed by atoms with Crippen molar-refractivity contribution in [2.24, 2.45) is 7.05 Å². The Morgan fingerprint density at radius 2 is 2.18 bits per heavy atom. The molecular weight excluding hydrogens is 286 g/mol. The van der Waals surface area contributed by atoms with Crippen LogP contribution in [-0.2, 0) is 18.3 Å². The van der Waals surface area contributed by atoms with E-state index in [1.807, 2.05) is 0 Å². The molecule has 1 N–H and O–H groups in total. The Hall–Kier alpha value is -2.96. The van der Waals surface area contributed by atoms with Gasteiger partial charge < -0.3 is 9.84 Å². The molecule has 0 atom stereocenters. The number of hydrogen-bond donors (Lipinski definition) is 1. The van der Waals surface area contributed by atoms with E-state index in [9.17, 15) is 9.59 Å². The number of benzene rings is 1. The molecule has 1 aromatic carbocycles. The van der Waals surface area contributed by atoms with Gasteiger partial charge in [0.2, 0.25) is 0 Å². The highest BCUT2D eigenvalue weighted by molar-refractivity contribution is 6.07. The number of carbonyl (C=O) groups is 2. The molecule has 0 spiro atoms. The van der Waals surface area contributed by atoms with Crippen molar-refractivity contribution in [3.8, 4) is 5.75 Å². The van der Waals surface area contributed by atoms with Gasteiger partial charge in [0.05, 0.1) is 25.4 Å². The molecule has 2 aromatic rings. The fraction of sp³-hybridized carbons (Fsp3) is 0.200. The number of carboxylic acid groups (broad SMARTS) is 1. The predicted octanol–water partition coefficient (Wildman–Crippen LogP) is 1.35. The van der Waals surface area contributed by atoms with Crippen molar-refractivity contribution in [2.75, 3.05) is 7.11 Å². The number of hydrogen-bond acceptors (Lipinski definition) is 5. The minimum Gasteiger partial charge on any atom is -0.496 e. The Morgan fingerprint density at radius 1 is 1.41 bits per heavy atom. The summed E-state index contributed by atoms with van der Waals surface area (Å²) in [7, 11) is 3.17. The number of ketones is 1. The molecule has 1 aromatic heterocycles. The van der Waals surface area contributed by atoms with Gasteiger partial charge in [0.25, 0.3) is 0 Å². The number of aliphatic carboxylic acids is 1. The Kier molecular flexibility index (Phi) is 4.67. The summed E-state index contributed by atoms with van der Waals surface area (Å²) < 4.78 is 6.64. The number of nitrogens with zero attached hydrogens (tertiary/aromatic N) is 3. The van der Waals surface area contributed by atoms with Crippen LogP contribution in [0.2, 0.25) is 0 Å². The van der Waals surface area contributed by atoms with E-state index in [1.165, 1.54) is 30.1 Å². The molecule has 0 bridgehead atoms. The van der Waals surface area contributed by atoms with Gasteiger partial charge in [-0.3, -0.25) is 9.59 Å². The molecule has 0 fully saturated rings. The van der Waals surface area contributed by atoms with Gasteiger partial charge in [0.1, 0.15) is 5.75 Å². The number of aryl methyl sites for hydroxylation is 1. The second-order valence-corrected chi connectivity index (χ2v) is 4.58. The first kappa shape index (κ1) is 15.4. The highest BCUT2D eigenvalue weighted by Gasteiger charge is 2.11. The summed E-state index contributed by atoms with van der Waals surface area (Å²) >= 11 is 0. The first-order valence-electron chi connectivity index (χ1n) is 6.47. The zero-order valence-corrected chi connectivity index (χ0v) is 12.2. The van der Waals surface area contributed by atoms with E-state index in [1.54, 1.807) is 25.3 Å². The van der Waals surface area contributed by atoms with Crippen LogP contribution in [0.15, 0.2) is 30.5 Å². The van der Waals surface area contributed by atoms with Gasteiger partial charge in [-0.05, 0) is 30.4 Å². The second kappa shape index (κ2) is 6.66. The number of ether oxygens (including phenoxy) is 1. The molecule has 0 saturated carbocycles. The summed E-state index contributed by atoms with van der Waals surface area (Å²) in [5.74, 6) is -0.784. The lowest BCUT2D eigenvalue weighted by Gasteiger charge is -2.07. The lowest BCUT2D eigenvalue weighted by atomic mass is 10.0. The third-order valence-electron chi connectivity index (χ3n) is 3.06. The molecule has 0 aliphatic rings. The Bertz CT molecular complexity index is 734. The summed E-state index contributed by atoms with van der Waals surface area (Å²) in [5.41, 5.74) is 1.53. The van der Waals surface area contributed by atoms with E-state index in [-0.39, 0.29) is 12.2 Å². The number of rotatable bonds is 6. The fourth-order valence-corrected chi connectivity index (χ4v) is 1.94. The highest BCUT2D eigenvalue weighted by Crippen LogP contribution is 2.21. The van der Waals surface area contributed by atoms with E-state index >= 15 is 0 Å². The SMILES string of the molecule is COc1ccc(C(=O)C=Cc2cnnn2C)cc1CC(=O)O. The van der Waals surface area contributed by atoms with Crippen LogP contribution in [-0.4, -0.2) is 39.0 Å². The maximum absolute atomic E-state index is 12.2. The lowest BCUT2D eigenvalue weighted by molar-refractivity contribution is -0.136. The van der Waals surface area contributed by atoms with Crippen LogP contribution in [0.3, 0.4) is 0 Å². The van der Waals surface area contributed by atoms with Crippen molar-refractivity contribution >= 4 is 17.8 Å². The van der Waals surface area contributed by atoms with Crippen LogP contribution in [0, 0.1) is 0 Å². The van der Waals surface area contributed by atoms with Crippen molar-refractivity contribution < 1.29 is 19.4 Å². The van der Waals surface area contributed by atoms with Gasteiger partial charge in [-0.1, -0.05) is 5.21 Å². The first-order chi connectivity index (χ1) is 10.5. The van der Waals surface area contributed by atoms with Crippen LogP contribution in [0.25, 0.3) is 6.08 Å². The summed E-state index contributed by atoms with van der Waals surface area (Å²) in [6.07, 6.45) is 4.32. The monoisotopic (exact) mass is 301 g/mol. The summed E-state index contributed by atoms with van der Waals surface area (Å²) in [6, 6.07) is 4.71. The maximum atomic E-state index is 12.2. The molecule has 0 radical (unpaired) electrons. The Balaban J connectivity index is 2.24. The van der Waals surface area contributed by atoms with E-state index in [0.717, 1.165) is 0 Å². The Morgan fingerprint density at radius 3 is 2.77 bits per heavy atom. The molecule has 7 heteroatoms. The minimum absolute atomic E-state index is 0.209. The third-order valence-corrected chi connectivity index (χ3v) is 3.06. The highest BCUT2D eigenvalue weighted by atomic mass is 16.5. The average Bonchev–Trinajstić information content (AvgIpc) is 2.89. The van der Waals surface area contributed by atoms with Crippen molar-refractivity contribution in [1.29, 1.82) is 0 Å². The summed E-state index contributed by atoms with van der Waals surface area (Å²) in [5, 5.41) is 16.4. The van der Waals surface area contributed by atoms with Gasteiger partial charge in [-0.2, -0.15) is 0 Å². The number of carbonyl (C=O) groups excluding carboxylic acids is 1. The zero-order valence-electron chi connectivity index (χ0n) is 12.2. The van der Waals surface area contributed by atoms with Gasteiger partial charge in [0, 0.05) is 18.2 Å². The van der Waals surface area contributed by atoms with E-state index in [0.29, 0.717) is 22.6 Å². The van der Waals surface area contributed by atoms with Gasteiger partial charge in [-0.25, -0.2) is 4.68 Å². The lowest BCUT2D eigenvalue weighted by Crippen LogP contribution is -2.04. The summed E-state index contributed by atoms with van der Waals surface area (Å²) in [4.78, 5) is 23.0. The van der Waals surface area contributed by atoms with Crippen LogP contribution in [0.5, 0.6) is 5.75 Å². The normalized spacial score (nSPS) is 10.8. The number of aromatic nitrogens is 3. The molecular formula is C15H15N3O4. The molecule has 1 heterocycles. The van der Waals surface area contributed by atoms with Crippen molar-refractivity contribution in [1.82, 2.24) is 15.0 Å². The Labute approximate surface area is 126 Å². The standard InChI is InChI=1S/C15H15N3O4/c1-18-12(9-16-17-18)4-5-13(19)10-3-6-14(22-2)11(7-10)8-15(20)21/h3-7,9H,8H2,1-2H3,(H,20,21).